The minimum absolute atomic E-state index is 0.0701. The fraction of sp³-hybridized carbons (Fsp3) is 0.833. The fourth-order valence-electron chi connectivity index (χ4n) is 1.66. The smallest absolute Gasteiger partial charge is 0.208 e. The van der Waals surface area contributed by atoms with Gasteiger partial charge in [-0.2, -0.15) is 5.10 Å². The third-order valence-corrected chi connectivity index (χ3v) is 3.79. The number of hydrogen-bond donors (Lipinski definition) is 2. The van der Waals surface area contributed by atoms with E-state index in [4.69, 9.17) is 0 Å². The van der Waals surface area contributed by atoms with Crippen molar-refractivity contribution in [2.75, 3.05) is 0 Å². The molecule has 17 heavy (non-hydrogen) atoms. The van der Waals surface area contributed by atoms with Gasteiger partial charge >= 0.3 is 0 Å². The van der Waals surface area contributed by atoms with Crippen LogP contribution in [0.2, 0.25) is 0 Å². The van der Waals surface area contributed by atoms with Gasteiger partial charge in [-0.1, -0.05) is 45.4 Å². The molecule has 0 spiro atoms. The summed E-state index contributed by atoms with van der Waals surface area (Å²) in [7, 11) is 0. The Morgan fingerprint density at radius 1 is 1.29 bits per heavy atom. The van der Waals surface area contributed by atoms with Crippen molar-refractivity contribution in [1.29, 1.82) is 0 Å². The van der Waals surface area contributed by atoms with Crippen molar-refractivity contribution in [3.05, 3.63) is 0 Å². The van der Waals surface area contributed by atoms with Crippen LogP contribution in [0.4, 0.5) is 0 Å². The van der Waals surface area contributed by atoms with Crippen molar-refractivity contribution in [2.45, 2.75) is 63.0 Å². The zero-order chi connectivity index (χ0) is 12.3. The van der Waals surface area contributed by atoms with Gasteiger partial charge in [-0.25, -0.2) is 4.99 Å². The molecular formula is C12H23N3S2. The van der Waals surface area contributed by atoms with Crippen LogP contribution in [0.5, 0.6) is 0 Å². The minimum atomic E-state index is 0.0701. The van der Waals surface area contributed by atoms with E-state index in [9.17, 15) is 0 Å². The van der Waals surface area contributed by atoms with Crippen molar-refractivity contribution < 1.29 is 0 Å². The summed E-state index contributed by atoms with van der Waals surface area (Å²) in [5, 5.41) is 4.84. The summed E-state index contributed by atoms with van der Waals surface area (Å²) in [5.41, 5.74) is 2.85. The summed E-state index contributed by atoms with van der Waals surface area (Å²) >= 11 is 5.78. The average Bonchev–Trinajstić information content (AvgIpc) is 2.73. The third-order valence-electron chi connectivity index (χ3n) is 2.63. The highest BCUT2D eigenvalue weighted by Crippen LogP contribution is 2.20. The molecule has 98 valence electrons. The molecule has 1 atom stereocenters. The van der Waals surface area contributed by atoms with E-state index in [2.05, 4.69) is 35.1 Å². The normalized spacial score (nSPS) is 19.6. The lowest BCUT2D eigenvalue weighted by Gasteiger charge is -1.98. The van der Waals surface area contributed by atoms with Gasteiger partial charge in [-0.15, -0.1) is 12.6 Å². The lowest BCUT2D eigenvalue weighted by Crippen LogP contribution is -2.06. The molecule has 0 saturated carbocycles. The molecule has 5 heteroatoms. The summed E-state index contributed by atoms with van der Waals surface area (Å²) in [6.07, 6.45) is 12.5. The van der Waals surface area contributed by atoms with Crippen LogP contribution < -0.4 is 5.43 Å². The molecule has 0 aromatic heterocycles. The Bertz CT molecular complexity index is 254. The van der Waals surface area contributed by atoms with Gasteiger partial charge in [0, 0.05) is 6.21 Å². The first-order valence-corrected chi connectivity index (χ1v) is 7.93. The number of nitrogens with zero attached hydrogens (tertiary/aromatic N) is 2. The Balaban J connectivity index is 1.89. The van der Waals surface area contributed by atoms with Crippen molar-refractivity contribution in [3.8, 4) is 0 Å². The fourth-order valence-corrected chi connectivity index (χ4v) is 2.54. The first-order valence-electron chi connectivity index (χ1n) is 6.53. The lowest BCUT2D eigenvalue weighted by molar-refractivity contribution is 0.596. The van der Waals surface area contributed by atoms with Gasteiger partial charge < -0.3 is 0 Å². The molecule has 3 nitrogen and oxygen atoms in total. The zero-order valence-electron chi connectivity index (χ0n) is 10.6. The quantitative estimate of drug-likeness (QED) is 0.398. The topological polar surface area (TPSA) is 36.8 Å². The molecule has 0 bridgehead atoms. The van der Waals surface area contributed by atoms with Gasteiger partial charge in [0.2, 0.25) is 5.17 Å². The minimum Gasteiger partial charge on any atom is -0.284 e. The maximum atomic E-state index is 4.30. The largest absolute Gasteiger partial charge is 0.284 e. The second-order valence-corrected chi connectivity index (χ2v) is 6.15. The van der Waals surface area contributed by atoms with Crippen LogP contribution in [0.25, 0.3) is 0 Å². The molecule has 0 saturated heterocycles. The summed E-state index contributed by atoms with van der Waals surface area (Å²) in [6, 6.07) is 0. The first-order chi connectivity index (χ1) is 8.33. The van der Waals surface area contributed by atoms with Gasteiger partial charge in [0.15, 0.2) is 0 Å². The molecule has 1 aliphatic heterocycles. The van der Waals surface area contributed by atoms with Crippen LogP contribution in [-0.4, -0.2) is 16.1 Å². The monoisotopic (exact) mass is 273 g/mol. The molecule has 1 aliphatic rings. The number of unbranched alkanes of at least 4 members (excludes halogenated alkanes) is 7. The second-order valence-electron chi connectivity index (χ2n) is 4.22. The maximum Gasteiger partial charge on any atom is 0.208 e. The Kier molecular flexibility index (Phi) is 8.61. The van der Waals surface area contributed by atoms with Crippen LogP contribution in [0.3, 0.4) is 0 Å². The molecular weight excluding hydrogens is 250 g/mol. The SMILES string of the molecule is CCCCCCCCC/C=N/C1=NNC(S)S1. The number of aliphatic imine (C=N–C) groups is 1. The van der Waals surface area contributed by atoms with E-state index in [1.807, 2.05) is 6.21 Å². The molecule has 0 amide bonds. The first kappa shape index (κ1) is 14.9. The van der Waals surface area contributed by atoms with Crippen molar-refractivity contribution >= 4 is 35.8 Å². The van der Waals surface area contributed by atoms with E-state index in [1.165, 1.54) is 44.9 Å². The molecule has 0 aromatic carbocycles. The van der Waals surface area contributed by atoms with Gasteiger partial charge in [0.05, 0.1) is 0 Å². The number of thioether (sulfide) groups is 1. The van der Waals surface area contributed by atoms with Crippen molar-refractivity contribution in [3.63, 3.8) is 0 Å². The summed E-state index contributed by atoms with van der Waals surface area (Å²) in [5.74, 6) is 0. The van der Waals surface area contributed by atoms with Crippen molar-refractivity contribution in [2.24, 2.45) is 10.1 Å². The van der Waals surface area contributed by atoms with Gasteiger partial charge in [-0.3, -0.25) is 5.43 Å². The highest BCUT2D eigenvalue weighted by atomic mass is 32.2. The molecule has 0 aliphatic carbocycles. The number of rotatable bonds is 8. The summed E-state index contributed by atoms with van der Waals surface area (Å²) in [6.45, 7) is 2.25. The summed E-state index contributed by atoms with van der Waals surface area (Å²) < 4.78 is 0.0701. The molecule has 0 aromatic rings. The third kappa shape index (κ3) is 7.71. The Hall–Kier alpha value is -0.160. The molecule has 1 N–H and O–H groups in total. The van der Waals surface area contributed by atoms with Gasteiger partial charge in [-0.05, 0) is 24.6 Å². The lowest BCUT2D eigenvalue weighted by atomic mass is 10.1. The number of hydrogen-bond acceptors (Lipinski definition) is 5. The zero-order valence-corrected chi connectivity index (χ0v) is 12.3. The van der Waals surface area contributed by atoms with Crippen molar-refractivity contribution in [1.82, 2.24) is 5.43 Å². The highest BCUT2D eigenvalue weighted by Gasteiger charge is 2.12. The molecule has 1 rings (SSSR count). The maximum absolute atomic E-state index is 4.30. The van der Waals surface area contributed by atoms with Crippen LogP contribution in [0, 0.1) is 0 Å². The molecule has 1 heterocycles. The number of amidine groups is 1. The predicted molar refractivity (Wildman–Crippen MR) is 82.0 cm³/mol. The second kappa shape index (κ2) is 9.83. The van der Waals surface area contributed by atoms with Crippen LogP contribution in [0.15, 0.2) is 10.1 Å². The van der Waals surface area contributed by atoms with E-state index in [0.29, 0.717) is 0 Å². The van der Waals surface area contributed by atoms with E-state index >= 15 is 0 Å². The van der Waals surface area contributed by atoms with Crippen LogP contribution in [0.1, 0.15) is 58.3 Å². The van der Waals surface area contributed by atoms with E-state index in [1.54, 1.807) is 11.8 Å². The number of nitrogens with one attached hydrogen (secondary N) is 1. The van der Waals surface area contributed by atoms with Gasteiger partial charge in [0.1, 0.15) is 4.71 Å². The average molecular weight is 273 g/mol. The number of hydrazone groups is 1. The Morgan fingerprint density at radius 2 is 2.00 bits per heavy atom. The van der Waals surface area contributed by atoms with E-state index in [0.717, 1.165) is 11.6 Å². The standard InChI is InChI=1S/C12H23N3S2/c1-2-3-4-5-6-7-8-9-10-13-11-14-15-12(16)17-11/h10,12,15-16H,2-9H2,1H3/b13-10+. The predicted octanol–water partition coefficient (Wildman–Crippen LogP) is 4.02. The van der Waals surface area contributed by atoms with Crippen LogP contribution in [-0.2, 0) is 0 Å². The molecule has 1 unspecified atom stereocenters. The van der Waals surface area contributed by atoms with E-state index < -0.39 is 0 Å². The Morgan fingerprint density at radius 3 is 2.65 bits per heavy atom. The number of thiol groups is 1. The highest BCUT2D eigenvalue weighted by molar-refractivity contribution is 8.21. The summed E-state index contributed by atoms with van der Waals surface area (Å²) in [4.78, 5) is 4.30. The molecule has 0 radical (unpaired) electrons. The molecule has 0 fully saturated rings. The van der Waals surface area contributed by atoms with E-state index in [-0.39, 0.29) is 4.71 Å². The van der Waals surface area contributed by atoms with Gasteiger partial charge in [0.25, 0.3) is 0 Å². The van der Waals surface area contributed by atoms with Crippen LogP contribution >= 0.6 is 24.4 Å². The Labute approximate surface area is 114 Å².